The lowest BCUT2D eigenvalue weighted by Crippen LogP contribution is -2.43. The highest BCUT2D eigenvalue weighted by atomic mass is 32.2. The van der Waals surface area contributed by atoms with Crippen molar-refractivity contribution in [3.63, 3.8) is 0 Å². The fraction of sp³-hybridized carbons (Fsp3) is 1.00. The lowest BCUT2D eigenvalue weighted by atomic mass is 10.1. The van der Waals surface area contributed by atoms with Gasteiger partial charge in [0, 0.05) is 6.42 Å². The maximum absolute atomic E-state index is 11.7. The predicted molar refractivity (Wildman–Crippen MR) is 49.0 cm³/mol. The minimum Gasteiger partial charge on any atom is -0.316 e. The van der Waals surface area contributed by atoms with Crippen molar-refractivity contribution in [2.45, 2.75) is 19.0 Å². The van der Waals surface area contributed by atoms with Crippen LogP contribution in [-0.2, 0) is 0 Å². The van der Waals surface area contributed by atoms with Crippen LogP contribution in [0.15, 0.2) is 0 Å². The Morgan fingerprint density at radius 2 is 2.00 bits per heavy atom. The van der Waals surface area contributed by atoms with Crippen LogP contribution in [0.1, 0.15) is 12.8 Å². The van der Waals surface area contributed by atoms with Gasteiger partial charge >= 0.3 is 6.18 Å². The molecule has 1 saturated heterocycles. The van der Waals surface area contributed by atoms with Crippen LogP contribution in [0.3, 0.4) is 0 Å². The van der Waals surface area contributed by atoms with Crippen LogP contribution >= 0.6 is 11.8 Å². The van der Waals surface area contributed by atoms with Gasteiger partial charge in [-0.05, 0) is 36.9 Å². The van der Waals surface area contributed by atoms with Gasteiger partial charge in [-0.25, -0.2) is 0 Å². The number of rotatable bonds is 5. The molecule has 0 bridgehead atoms. The van der Waals surface area contributed by atoms with Gasteiger partial charge in [0.05, 0.1) is 0 Å². The maximum atomic E-state index is 11.7. The normalized spacial score (nSPS) is 18.7. The highest BCUT2D eigenvalue weighted by Crippen LogP contribution is 2.23. The topological polar surface area (TPSA) is 12.0 Å². The van der Waals surface area contributed by atoms with Crippen molar-refractivity contribution in [3.05, 3.63) is 0 Å². The number of hydrogen-bond acceptors (Lipinski definition) is 2. The average Bonchev–Trinajstić information content (AvgIpc) is 1.90. The maximum Gasteiger partial charge on any atom is 0.389 e. The van der Waals surface area contributed by atoms with Gasteiger partial charge in [0.2, 0.25) is 0 Å². The Morgan fingerprint density at radius 3 is 2.46 bits per heavy atom. The third-order valence-corrected chi connectivity index (χ3v) is 3.25. The van der Waals surface area contributed by atoms with Gasteiger partial charge in [0.1, 0.15) is 0 Å². The second-order valence-corrected chi connectivity index (χ2v) is 4.47. The first-order valence-corrected chi connectivity index (χ1v) is 5.58. The van der Waals surface area contributed by atoms with Crippen molar-refractivity contribution >= 4 is 11.8 Å². The SMILES string of the molecule is FC(F)(F)CCCSCC1CNC1. The van der Waals surface area contributed by atoms with Crippen LogP contribution in [0.2, 0.25) is 0 Å². The Labute approximate surface area is 80.5 Å². The molecule has 0 spiro atoms. The lowest BCUT2D eigenvalue weighted by Gasteiger charge is -2.26. The van der Waals surface area contributed by atoms with E-state index in [4.69, 9.17) is 0 Å². The Morgan fingerprint density at radius 1 is 1.31 bits per heavy atom. The Kier molecular flexibility index (Phi) is 4.38. The molecular formula is C8H14F3NS. The summed E-state index contributed by atoms with van der Waals surface area (Å²) >= 11 is 1.64. The second-order valence-electron chi connectivity index (χ2n) is 3.32. The van der Waals surface area contributed by atoms with Gasteiger partial charge in [-0.1, -0.05) is 0 Å². The fourth-order valence-corrected chi connectivity index (χ4v) is 2.18. The molecule has 1 aliphatic rings. The molecule has 1 heterocycles. The first-order valence-electron chi connectivity index (χ1n) is 4.43. The molecule has 1 rings (SSSR count). The van der Waals surface area contributed by atoms with E-state index in [9.17, 15) is 13.2 Å². The molecule has 0 aromatic carbocycles. The lowest BCUT2D eigenvalue weighted by molar-refractivity contribution is -0.134. The predicted octanol–water partition coefficient (Wildman–Crippen LogP) is 2.28. The summed E-state index contributed by atoms with van der Waals surface area (Å²) in [5.41, 5.74) is 0. The first kappa shape index (κ1) is 11.2. The Bertz CT molecular complexity index is 145. The molecule has 1 aliphatic heterocycles. The third-order valence-electron chi connectivity index (χ3n) is 1.97. The summed E-state index contributed by atoms with van der Waals surface area (Å²) in [6, 6.07) is 0. The van der Waals surface area contributed by atoms with Gasteiger partial charge in [0.25, 0.3) is 0 Å². The van der Waals surface area contributed by atoms with Crippen LogP contribution in [0.5, 0.6) is 0 Å². The molecule has 78 valence electrons. The second kappa shape index (κ2) is 5.10. The third kappa shape index (κ3) is 5.41. The largest absolute Gasteiger partial charge is 0.389 e. The molecule has 5 heteroatoms. The summed E-state index contributed by atoms with van der Waals surface area (Å²) in [5, 5.41) is 3.13. The minimum absolute atomic E-state index is 0.258. The molecule has 0 aromatic heterocycles. The van der Waals surface area contributed by atoms with Crippen molar-refractivity contribution < 1.29 is 13.2 Å². The van der Waals surface area contributed by atoms with E-state index in [-0.39, 0.29) is 6.42 Å². The summed E-state index contributed by atoms with van der Waals surface area (Å²) in [6.07, 6.45) is -4.35. The van der Waals surface area contributed by atoms with Gasteiger partial charge < -0.3 is 5.32 Å². The van der Waals surface area contributed by atoms with E-state index >= 15 is 0 Å². The monoisotopic (exact) mass is 213 g/mol. The summed E-state index contributed by atoms with van der Waals surface area (Å²) in [7, 11) is 0. The summed E-state index contributed by atoms with van der Waals surface area (Å²) in [6.45, 7) is 2.07. The molecule has 13 heavy (non-hydrogen) atoms. The van der Waals surface area contributed by atoms with E-state index in [1.807, 2.05) is 0 Å². The first-order chi connectivity index (χ1) is 6.08. The molecular weight excluding hydrogens is 199 g/mol. The molecule has 0 radical (unpaired) electrons. The smallest absolute Gasteiger partial charge is 0.316 e. The van der Waals surface area contributed by atoms with Crippen molar-refractivity contribution in [2.24, 2.45) is 5.92 Å². The van der Waals surface area contributed by atoms with E-state index in [0.29, 0.717) is 11.7 Å². The van der Waals surface area contributed by atoms with Crippen LogP contribution in [0, 0.1) is 5.92 Å². The number of thioether (sulfide) groups is 1. The number of halogens is 3. The summed E-state index contributed by atoms with van der Waals surface area (Å²) in [4.78, 5) is 0. The van der Waals surface area contributed by atoms with Crippen molar-refractivity contribution in [3.8, 4) is 0 Å². The van der Waals surface area contributed by atoms with Crippen LogP contribution in [-0.4, -0.2) is 30.8 Å². The molecule has 0 amide bonds. The average molecular weight is 213 g/mol. The Balaban J connectivity index is 1.83. The van der Waals surface area contributed by atoms with E-state index < -0.39 is 12.6 Å². The zero-order valence-electron chi connectivity index (χ0n) is 7.36. The number of alkyl halides is 3. The highest BCUT2D eigenvalue weighted by Gasteiger charge is 2.26. The van der Waals surface area contributed by atoms with E-state index in [0.717, 1.165) is 18.8 Å². The summed E-state index contributed by atoms with van der Waals surface area (Å²) < 4.78 is 35.1. The quantitative estimate of drug-likeness (QED) is 0.703. The molecule has 0 aromatic rings. The molecule has 1 nitrogen and oxygen atoms in total. The standard InChI is InChI=1S/C8H14F3NS/c9-8(10,11)2-1-3-13-6-7-4-12-5-7/h7,12H,1-6H2. The van der Waals surface area contributed by atoms with E-state index in [1.54, 1.807) is 11.8 Å². The minimum atomic E-state index is -3.97. The zero-order chi connectivity index (χ0) is 9.73. The van der Waals surface area contributed by atoms with Gasteiger partial charge in [-0.15, -0.1) is 0 Å². The van der Waals surface area contributed by atoms with Crippen LogP contribution in [0.4, 0.5) is 13.2 Å². The van der Waals surface area contributed by atoms with Crippen molar-refractivity contribution in [2.75, 3.05) is 24.6 Å². The Hall–Kier alpha value is 0.1000. The number of nitrogens with one attached hydrogen (secondary N) is 1. The molecule has 0 unspecified atom stereocenters. The molecule has 0 aliphatic carbocycles. The van der Waals surface area contributed by atoms with Crippen LogP contribution < -0.4 is 5.32 Å². The van der Waals surface area contributed by atoms with E-state index in [1.165, 1.54) is 0 Å². The summed E-state index contributed by atoms with van der Waals surface area (Å²) in [5.74, 6) is 2.33. The van der Waals surface area contributed by atoms with Gasteiger partial charge in [-0.2, -0.15) is 24.9 Å². The van der Waals surface area contributed by atoms with Crippen LogP contribution in [0.25, 0.3) is 0 Å². The molecule has 1 N–H and O–H groups in total. The molecule has 0 saturated carbocycles. The number of hydrogen-bond donors (Lipinski definition) is 1. The highest BCUT2D eigenvalue weighted by molar-refractivity contribution is 7.99. The van der Waals surface area contributed by atoms with Gasteiger partial charge in [-0.3, -0.25) is 0 Å². The molecule has 1 fully saturated rings. The van der Waals surface area contributed by atoms with Crippen molar-refractivity contribution in [1.82, 2.24) is 5.32 Å². The zero-order valence-corrected chi connectivity index (χ0v) is 8.18. The van der Waals surface area contributed by atoms with Crippen molar-refractivity contribution in [1.29, 1.82) is 0 Å². The van der Waals surface area contributed by atoms with Gasteiger partial charge in [0.15, 0.2) is 0 Å². The van der Waals surface area contributed by atoms with E-state index in [2.05, 4.69) is 5.32 Å². The fourth-order valence-electron chi connectivity index (χ4n) is 1.09. The molecule has 0 atom stereocenters.